The van der Waals surface area contributed by atoms with E-state index in [1.165, 1.54) is 18.0 Å². The molecular formula is C13H13ClFN3S. The zero-order valence-electron chi connectivity index (χ0n) is 10.4. The lowest BCUT2D eigenvalue weighted by molar-refractivity contribution is 0.580. The molecule has 0 unspecified atom stereocenters. The number of halogens is 2. The Balaban J connectivity index is 2.10. The van der Waals surface area contributed by atoms with E-state index in [2.05, 4.69) is 15.3 Å². The SMILES string of the molecule is CCNc1ncc(F)c(SCc2ccccc2Cl)n1. The Morgan fingerprint density at radius 1 is 1.37 bits per heavy atom. The second-order valence-corrected chi connectivity index (χ2v) is 5.13. The molecule has 0 aliphatic heterocycles. The third kappa shape index (κ3) is 3.81. The van der Waals surface area contributed by atoms with Gasteiger partial charge in [-0.3, -0.25) is 0 Å². The standard InChI is InChI=1S/C13H13ClFN3S/c1-2-16-13-17-7-11(15)12(18-13)19-8-9-5-3-4-6-10(9)14/h3-7H,2,8H2,1H3,(H,16,17,18). The van der Waals surface area contributed by atoms with Gasteiger partial charge in [0.05, 0.1) is 6.20 Å². The van der Waals surface area contributed by atoms with Gasteiger partial charge in [-0.1, -0.05) is 41.6 Å². The Bertz CT molecular complexity index is 565. The number of nitrogens with zero attached hydrogens (tertiary/aromatic N) is 2. The van der Waals surface area contributed by atoms with Gasteiger partial charge in [-0.2, -0.15) is 0 Å². The van der Waals surface area contributed by atoms with Crippen molar-refractivity contribution in [3.05, 3.63) is 46.9 Å². The van der Waals surface area contributed by atoms with Crippen molar-refractivity contribution in [3.8, 4) is 0 Å². The lowest BCUT2D eigenvalue weighted by atomic mass is 10.2. The topological polar surface area (TPSA) is 37.8 Å². The fourth-order valence-electron chi connectivity index (χ4n) is 1.46. The summed E-state index contributed by atoms with van der Waals surface area (Å²) in [6.07, 6.45) is 1.18. The van der Waals surface area contributed by atoms with E-state index in [0.29, 0.717) is 28.3 Å². The highest BCUT2D eigenvalue weighted by atomic mass is 35.5. The monoisotopic (exact) mass is 297 g/mol. The van der Waals surface area contributed by atoms with Gasteiger partial charge < -0.3 is 5.32 Å². The highest BCUT2D eigenvalue weighted by molar-refractivity contribution is 7.98. The molecule has 0 radical (unpaired) electrons. The summed E-state index contributed by atoms with van der Waals surface area (Å²) in [5, 5.41) is 3.96. The summed E-state index contributed by atoms with van der Waals surface area (Å²) < 4.78 is 13.6. The maximum atomic E-state index is 13.6. The summed E-state index contributed by atoms with van der Waals surface area (Å²) in [5.41, 5.74) is 0.956. The number of rotatable bonds is 5. The van der Waals surface area contributed by atoms with E-state index in [4.69, 9.17) is 11.6 Å². The first-order valence-electron chi connectivity index (χ1n) is 5.83. The number of benzene rings is 1. The molecule has 0 spiro atoms. The van der Waals surface area contributed by atoms with E-state index in [1.807, 2.05) is 31.2 Å². The quantitative estimate of drug-likeness (QED) is 0.669. The fourth-order valence-corrected chi connectivity index (χ4v) is 2.62. The minimum atomic E-state index is -0.418. The summed E-state index contributed by atoms with van der Waals surface area (Å²) in [6.45, 7) is 2.63. The van der Waals surface area contributed by atoms with Crippen LogP contribution in [0, 0.1) is 5.82 Å². The fraction of sp³-hybridized carbons (Fsp3) is 0.231. The van der Waals surface area contributed by atoms with E-state index >= 15 is 0 Å². The van der Waals surface area contributed by atoms with Crippen molar-refractivity contribution in [3.63, 3.8) is 0 Å². The molecule has 1 aromatic heterocycles. The molecule has 6 heteroatoms. The predicted molar refractivity (Wildman–Crippen MR) is 77.2 cm³/mol. The summed E-state index contributed by atoms with van der Waals surface area (Å²) in [5.74, 6) is 0.586. The Morgan fingerprint density at radius 3 is 2.89 bits per heavy atom. The van der Waals surface area contributed by atoms with E-state index in [0.717, 1.165) is 5.56 Å². The van der Waals surface area contributed by atoms with Crippen LogP contribution in [0.2, 0.25) is 5.02 Å². The second-order valence-electron chi connectivity index (χ2n) is 3.76. The second kappa shape index (κ2) is 6.73. The third-order valence-corrected chi connectivity index (χ3v) is 3.75. The van der Waals surface area contributed by atoms with Gasteiger partial charge in [0.1, 0.15) is 5.03 Å². The molecule has 0 amide bonds. The number of anilines is 1. The van der Waals surface area contributed by atoms with Crippen LogP contribution in [0.15, 0.2) is 35.5 Å². The Kier molecular flexibility index (Phi) is 4.99. The summed E-state index contributed by atoms with van der Waals surface area (Å²) >= 11 is 7.36. The molecule has 100 valence electrons. The Hall–Kier alpha value is -1.33. The molecule has 0 atom stereocenters. The molecule has 0 aliphatic rings. The molecule has 19 heavy (non-hydrogen) atoms. The van der Waals surface area contributed by atoms with Gasteiger partial charge in [-0.25, -0.2) is 14.4 Å². The van der Waals surface area contributed by atoms with Gasteiger partial charge in [0.25, 0.3) is 0 Å². The van der Waals surface area contributed by atoms with Crippen molar-refractivity contribution in [2.75, 3.05) is 11.9 Å². The molecule has 2 rings (SSSR count). The zero-order chi connectivity index (χ0) is 13.7. The van der Waals surface area contributed by atoms with Crippen molar-refractivity contribution >= 4 is 29.3 Å². The molecule has 1 aromatic carbocycles. The molecular weight excluding hydrogens is 285 g/mol. The molecule has 0 saturated heterocycles. The molecule has 0 aliphatic carbocycles. The molecule has 0 bridgehead atoms. The minimum Gasteiger partial charge on any atom is -0.354 e. The first kappa shape index (κ1) is 14.1. The Labute approximate surface area is 120 Å². The molecule has 1 N–H and O–H groups in total. The molecule has 2 aromatic rings. The normalized spacial score (nSPS) is 10.5. The highest BCUT2D eigenvalue weighted by Gasteiger charge is 2.08. The van der Waals surface area contributed by atoms with E-state index in [-0.39, 0.29) is 0 Å². The molecule has 1 heterocycles. The third-order valence-electron chi connectivity index (χ3n) is 2.37. The van der Waals surface area contributed by atoms with Crippen LogP contribution < -0.4 is 5.32 Å². The first-order chi connectivity index (χ1) is 9.20. The zero-order valence-corrected chi connectivity index (χ0v) is 11.9. The average molecular weight is 298 g/mol. The number of aromatic nitrogens is 2. The van der Waals surface area contributed by atoms with Crippen LogP contribution in [0.25, 0.3) is 0 Å². The van der Waals surface area contributed by atoms with Gasteiger partial charge in [-0.05, 0) is 18.6 Å². The van der Waals surface area contributed by atoms with Gasteiger partial charge in [-0.15, -0.1) is 0 Å². The smallest absolute Gasteiger partial charge is 0.223 e. The van der Waals surface area contributed by atoms with E-state index in [9.17, 15) is 4.39 Å². The van der Waals surface area contributed by atoms with Gasteiger partial charge in [0.15, 0.2) is 5.82 Å². The molecule has 0 fully saturated rings. The van der Waals surface area contributed by atoms with Crippen LogP contribution >= 0.6 is 23.4 Å². The highest BCUT2D eigenvalue weighted by Crippen LogP contribution is 2.27. The number of nitrogens with one attached hydrogen (secondary N) is 1. The van der Waals surface area contributed by atoms with Crippen LogP contribution in [0.4, 0.5) is 10.3 Å². The summed E-state index contributed by atoms with van der Waals surface area (Å²) in [6, 6.07) is 7.50. The van der Waals surface area contributed by atoms with Gasteiger partial charge in [0, 0.05) is 17.3 Å². The summed E-state index contributed by atoms with van der Waals surface area (Å²) in [7, 11) is 0. The van der Waals surface area contributed by atoms with Crippen molar-refractivity contribution in [2.24, 2.45) is 0 Å². The largest absolute Gasteiger partial charge is 0.354 e. The van der Waals surface area contributed by atoms with Crippen molar-refractivity contribution in [1.29, 1.82) is 0 Å². The summed E-state index contributed by atoms with van der Waals surface area (Å²) in [4.78, 5) is 7.99. The maximum absolute atomic E-state index is 13.6. The van der Waals surface area contributed by atoms with E-state index < -0.39 is 5.82 Å². The van der Waals surface area contributed by atoms with E-state index in [1.54, 1.807) is 0 Å². The molecule has 3 nitrogen and oxygen atoms in total. The number of hydrogen-bond donors (Lipinski definition) is 1. The lowest BCUT2D eigenvalue weighted by Crippen LogP contribution is -2.03. The van der Waals surface area contributed by atoms with Crippen LogP contribution in [0.1, 0.15) is 12.5 Å². The van der Waals surface area contributed by atoms with Crippen LogP contribution in [0.3, 0.4) is 0 Å². The van der Waals surface area contributed by atoms with Crippen molar-refractivity contribution < 1.29 is 4.39 Å². The van der Waals surface area contributed by atoms with Crippen LogP contribution in [0.5, 0.6) is 0 Å². The van der Waals surface area contributed by atoms with Crippen LogP contribution in [-0.2, 0) is 5.75 Å². The average Bonchev–Trinajstić information content (AvgIpc) is 2.41. The minimum absolute atomic E-state index is 0.325. The predicted octanol–water partition coefficient (Wildman–Crippen LogP) is 3.99. The number of hydrogen-bond acceptors (Lipinski definition) is 4. The molecule has 0 saturated carbocycles. The van der Waals surface area contributed by atoms with Crippen LogP contribution in [-0.4, -0.2) is 16.5 Å². The van der Waals surface area contributed by atoms with Gasteiger partial charge >= 0.3 is 0 Å². The van der Waals surface area contributed by atoms with Crippen molar-refractivity contribution in [2.45, 2.75) is 17.7 Å². The maximum Gasteiger partial charge on any atom is 0.223 e. The van der Waals surface area contributed by atoms with Gasteiger partial charge in [0.2, 0.25) is 5.95 Å². The van der Waals surface area contributed by atoms with Crippen molar-refractivity contribution in [1.82, 2.24) is 9.97 Å². The lowest BCUT2D eigenvalue weighted by Gasteiger charge is -2.06. The Morgan fingerprint density at radius 2 is 2.16 bits per heavy atom. The number of thioether (sulfide) groups is 1. The first-order valence-corrected chi connectivity index (χ1v) is 7.19.